The van der Waals surface area contributed by atoms with Crippen LogP contribution in [0.1, 0.15) is 23.6 Å². The summed E-state index contributed by atoms with van der Waals surface area (Å²) < 4.78 is 0. The Kier molecular flexibility index (Phi) is 3.58. The molecule has 1 aliphatic rings. The number of hydrogen-bond acceptors (Lipinski definition) is 3. The first kappa shape index (κ1) is 12.3. The molecule has 0 saturated heterocycles. The van der Waals surface area contributed by atoms with E-state index in [0.717, 1.165) is 12.1 Å². The van der Waals surface area contributed by atoms with Crippen molar-refractivity contribution in [2.24, 2.45) is 11.8 Å². The van der Waals surface area contributed by atoms with E-state index in [2.05, 4.69) is 46.8 Å². The summed E-state index contributed by atoms with van der Waals surface area (Å²) in [7, 11) is 0. The molecule has 0 aliphatic heterocycles. The quantitative estimate of drug-likeness (QED) is 0.635. The molecule has 0 spiro atoms. The van der Waals surface area contributed by atoms with E-state index in [9.17, 15) is 0 Å². The summed E-state index contributed by atoms with van der Waals surface area (Å²) in [4.78, 5) is 4.38. The lowest BCUT2D eigenvalue weighted by Gasteiger charge is -2.15. The molecule has 1 aliphatic carbocycles. The van der Waals surface area contributed by atoms with Crippen LogP contribution in [0.5, 0.6) is 0 Å². The largest absolute Gasteiger partial charge is 0.271 e. The molecule has 0 radical (unpaired) electrons. The van der Waals surface area contributed by atoms with Crippen LogP contribution >= 0.6 is 0 Å². The van der Waals surface area contributed by atoms with Crippen molar-refractivity contribution < 1.29 is 0 Å². The second-order valence-corrected chi connectivity index (χ2v) is 5.22. The van der Waals surface area contributed by atoms with Gasteiger partial charge in [0.25, 0.3) is 0 Å². The Labute approximate surface area is 113 Å². The molecule has 1 saturated carbocycles. The van der Waals surface area contributed by atoms with Crippen molar-refractivity contribution in [3.05, 3.63) is 66.0 Å². The van der Waals surface area contributed by atoms with E-state index >= 15 is 0 Å². The molecule has 3 unspecified atom stereocenters. The van der Waals surface area contributed by atoms with Crippen molar-refractivity contribution in [2.45, 2.75) is 24.8 Å². The van der Waals surface area contributed by atoms with Gasteiger partial charge in [0, 0.05) is 24.4 Å². The molecule has 1 aromatic heterocycles. The molecule has 19 heavy (non-hydrogen) atoms. The molecular weight excluding hydrogens is 234 g/mol. The van der Waals surface area contributed by atoms with Crippen molar-refractivity contribution in [3.8, 4) is 0 Å². The van der Waals surface area contributed by atoms with Crippen molar-refractivity contribution in [1.82, 2.24) is 10.4 Å². The van der Waals surface area contributed by atoms with Gasteiger partial charge in [-0.2, -0.15) is 0 Å². The third-order valence-electron chi connectivity index (χ3n) is 3.95. The maximum absolute atomic E-state index is 5.72. The topological polar surface area (TPSA) is 50.9 Å². The van der Waals surface area contributed by atoms with Gasteiger partial charge in [0.1, 0.15) is 0 Å². The first-order valence-corrected chi connectivity index (χ1v) is 6.79. The molecule has 1 fully saturated rings. The number of hydrazine groups is 1. The predicted molar refractivity (Wildman–Crippen MR) is 76.3 cm³/mol. The van der Waals surface area contributed by atoms with Crippen molar-refractivity contribution >= 4 is 0 Å². The maximum atomic E-state index is 5.72. The Morgan fingerprint density at radius 3 is 2.63 bits per heavy atom. The van der Waals surface area contributed by atoms with Gasteiger partial charge in [-0.25, -0.2) is 0 Å². The molecule has 3 nitrogen and oxygen atoms in total. The molecular formula is C16H19N3. The van der Waals surface area contributed by atoms with E-state index in [1.165, 1.54) is 12.0 Å². The molecule has 3 N–H and O–H groups in total. The van der Waals surface area contributed by atoms with Crippen LogP contribution in [-0.4, -0.2) is 11.0 Å². The van der Waals surface area contributed by atoms with Crippen LogP contribution in [0.4, 0.5) is 0 Å². The predicted octanol–water partition coefficient (Wildman–Crippen LogP) is 2.26. The average molecular weight is 253 g/mol. The van der Waals surface area contributed by atoms with Gasteiger partial charge in [-0.15, -0.1) is 0 Å². The highest BCUT2D eigenvalue weighted by atomic mass is 15.2. The summed E-state index contributed by atoms with van der Waals surface area (Å²) >= 11 is 0. The zero-order valence-corrected chi connectivity index (χ0v) is 10.9. The van der Waals surface area contributed by atoms with Crippen LogP contribution in [0, 0.1) is 5.92 Å². The molecule has 3 heteroatoms. The molecule has 0 amide bonds. The molecule has 0 bridgehead atoms. The van der Waals surface area contributed by atoms with E-state index < -0.39 is 0 Å². The van der Waals surface area contributed by atoms with Crippen LogP contribution in [0.3, 0.4) is 0 Å². The number of nitrogens with zero attached hydrogens (tertiary/aromatic N) is 1. The highest BCUT2D eigenvalue weighted by Crippen LogP contribution is 2.49. The van der Waals surface area contributed by atoms with Crippen LogP contribution in [0.2, 0.25) is 0 Å². The van der Waals surface area contributed by atoms with E-state index in [1.54, 1.807) is 0 Å². The minimum Gasteiger partial charge on any atom is -0.271 e. The van der Waals surface area contributed by atoms with Gasteiger partial charge < -0.3 is 0 Å². The third kappa shape index (κ3) is 2.83. The lowest BCUT2D eigenvalue weighted by Crippen LogP contribution is -2.39. The normalized spacial score (nSPS) is 23.0. The van der Waals surface area contributed by atoms with Gasteiger partial charge in [-0.3, -0.25) is 16.3 Å². The summed E-state index contributed by atoms with van der Waals surface area (Å²) in [6, 6.07) is 17.0. The van der Waals surface area contributed by atoms with Gasteiger partial charge in [0.05, 0.1) is 0 Å². The molecule has 1 aromatic carbocycles. The number of benzene rings is 1. The Morgan fingerprint density at radius 1 is 1.16 bits per heavy atom. The zero-order valence-electron chi connectivity index (χ0n) is 10.9. The van der Waals surface area contributed by atoms with E-state index in [4.69, 9.17) is 5.84 Å². The summed E-state index contributed by atoms with van der Waals surface area (Å²) in [5.41, 5.74) is 5.50. The molecule has 2 aromatic rings. The van der Waals surface area contributed by atoms with E-state index in [-0.39, 0.29) is 0 Å². The second-order valence-electron chi connectivity index (χ2n) is 5.22. The average Bonchev–Trinajstić information content (AvgIpc) is 3.27. The number of pyridine rings is 1. The SMILES string of the molecule is NNC(Cc1ccccn1)C1CC1c1ccccc1. The highest BCUT2D eigenvalue weighted by molar-refractivity contribution is 5.27. The molecule has 3 rings (SSSR count). The van der Waals surface area contributed by atoms with E-state index in [1.807, 2.05) is 18.3 Å². The van der Waals surface area contributed by atoms with Crippen LogP contribution in [0.25, 0.3) is 0 Å². The summed E-state index contributed by atoms with van der Waals surface area (Å²) in [5, 5.41) is 0. The van der Waals surface area contributed by atoms with Crippen LogP contribution in [0.15, 0.2) is 54.7 Å². The number of aromatic nitrogens is 1. The monoisotopic (exact) mass is 253 g/mol. The lowest BCUT2D eigenvalue weighted by atomic mass is 10.0. The fourth-order valence-electron chi connectivity index (χ4n) is 2.82. The van der Waals surface area contributed by atoms with Crippen molar-refractivity contribution in [1.29, 1.82) is 0 Å². The number of nitrogens with one attached hydrogen (secondary N) is 1. The van der Waals surface area contributed by atoms with Gasteiger partial charge in [0.2, 0.25) is 0 Å². The molecule has 3 atom stereocenters. The van der Waals surface area contributed by atoms with E-state index in [0.29, 0.717) is 17.9 Å². The van der Waals surface area contributed by atoms with Crippen molar-refractivity contribution in [3.63, 3.8) is 0 Å². The third-order valence-corrected chi connectivity index (χ3v) is 3.95. The molecule has 1 heterocycles. The summed E-state index contributed by atoms with van der Waals surface area (Å²) in [6.45, 7) is 0. The first-order valence-electron chi connectivity index (χ1n) is 6.79. The fourth-order valence-corrected chi connectivity index (χ4v) is 2.82. The Hall–Kier alpha value is -1.71. The maximum Gasteiger partial charge on any atom is 0.0419 e. The molecule has 98 valence electrons. The first-order chi connectivity index (χ1) is 9.38. The number of hydrogen-bond donors (Lipinski definition) is 2. The van der Waals surface area contributed by atoms with Crippen LogP contribution in [-0.2, 0) is 6.42 Å². The van der Waals surface area contributed by atoms with Gasteiger partial charge in [0.15, 0.2) is 0 Å². The van der Waals surface area contributed by atoms with Gasteiger partial charge in [-0.1, -0.05) is 36.4 Å². The number of rotatable bonds is 5. The highest BCUT2D eigenvalue weighted by Gasteiger charge is 2.43. The minimum absolute atomic E-state index is 0.306. The minimum atomic E-state index is 0.306. The second kappa shape index (κ2) is 5.51. The van der Waals surface area contributed by atoms with Gasteiger partial charge in [-0.05, 0) is 36.0 Å². The Balaban J connectivity index is 1.65. The smallest absolute Gasteiger partial charge is 0.0419 e. The lowest BCUT2D eigenvalue weighted by molar-refractivity contribution is 0.460. The fraction of sp³-hybridized carbons (Fsp3) is 0.312. The number of nitrogens with two attached hydrogens (primary N) is 1. The van der Waals surface area contributed by atoms with Gasteiger partial charge >= 0.3 is 0 Å². The van der Waals surface area contributed by atoms with Crippen LogP contribution < -0.4 is 11.3 Å². The Bertz CT molecular complexity index is 512. The summed E-state index contributed by atoms with van der Waals surface area (Å²) in [6.07, 6.45) is 3.95. The zero-order chi connectivity index (χ0) is 13.1. The Morgan fingerprint density at radius 2 is 1.95 bits per heavy atom. The standard InChI is InChI=1S/C16H19N3/c17-19-16(10-13-8-4-5-9-18-13)15-11-14(15)12-6-2-1-3-7-12/h1-9,14-16,19H,10-11,17H2. The van der Waals surface area contributed by atoms with Crippen molar-refractivity contribution in [2.75, 3.05) is 0 Å². The summed E-state index contributed by atoms with van der Waals surface area (Å²) in [5.74, 6) is 6.99.